The van der Waals surface area contributed by atoms with Crippen molar-refractivity contribution in [3.8, 4) is 0 Å². The topological polar surface area (TPSA) is 87.7 Å². The van der Waals surface area contributed by atoms with Crippen LogP contribution in [0.25, 0.3) is 17.2 Å². The highest BCUT2D eigenvalue weighted by Crippen LogP contribution is 2.30. The highest BCUT2D eigenvalue weighted by atomic mass is 16.6. The highest BCUT2D eigenvalue weighted by molar-refractivity contribution is 6.07. The van der Waals surface area contributed by atoms with Crippen molar-refractivity contribution in [2.24, 2.45) is 4.99 Å². The largest absolute Gasteiger partial charge is 0.383 e. The molecule has 0 atom stereocenters. The van der Waals surface area contributed by atoms with Crippen molar-refractivity contribution in [3.05, 3.63) is 17.5 Å². The van der Waals surface area contributed by atoms with Crippen LogP contribution in [0.2, 0.25) is 0 Å². The van der Waals surface area contributed by atoms with Gasteiger partial charge in [0.15, 0.2) is 11.3 Å². The minimum absolute atomic E-state index is 0.151. The SMILES string of the molecule is CC(=O)c1c(/C=C/N(C)C)nc2nonc2c1N=CN(C)C. The van der Waals surface area contributed by atoms with Crippen LogP contribution in [-0.2, 0) is 0 Å². The van der Waals surface area contributed by atoms with Gasteiger partial charge in [0.05, 0.1) is 17.6 Å². The van der Waals surface area contributed by atoms with Crippen LogP contribution in [0.5, 0.6) is 0 Å². The number of pyridine rings is 1. The Balaban J connectivity index is 2.74. The van der Waals surface area contributed by atoms with Gasteiger partial charge in [-0.25, -0.2) is 14.6 Å². The molecule has 0 bridgehead atoms. The molecule has 0 amide bonds. The van der Waals surface area contributed by atoms with Crippen LogP contribution in [-0.4, -0.2) is 65.4 Å². The zero-order valence-corrected chi connectivity index (χ0v) is 13.2. The van der Waals surface area contributed by atoms with Crippen molar-refractivity contribution >= 4 is 35.0 Å². The number of carbonyl (C=O) groups excluding carboxylic acids is 1. The fourth-order valence-electron chi connectivity index (χ4n) is 1.80. The van der Waals surface area contributed by atoms with Gasteiger partial charge in [-0.05, 0) is 23.3 Å². The molecular weight excluding hydrogens is 284 g/mol. The first-order chi connectivity index (χ1) is 10.4. The number of hydrogen-bond acceptors (Lipinski definition) is 7. The lowest BCUT2D eigenvalue weighted by Gasteiger charge is -2.09. The van der Waals surface area contributed by atoms with Gasteiger partial charge >= 0.3 is 0 Å². The Labute approximate surface area is 128 Å². The summed E-state index contributed by atoms with van der Waals surface area (Å²) in [6.07, 6.45) is 5.13. The molecule has 0 fully saturated rings. The summed E-state index contributed by atoms with van der Waals surface area (Å²) >= 11 is 0. The Kier molecular flexibility index (Phi) is 4.50. The molecule has 0 aliphatic rings. The van der Waals surface area contributed by atoms with Gasteiger partial charge < -0.3 is 9.80 Å². The third-order valence-electron chi connectivity index (χ3n) is 2.72. The quantitative estimate of drug-likeness (QED) is 0.470. The number of ketones is 1. The van der Waals surface area contributed by atoms with Crippen LogP contribution >= 0.6 is 0 Å². The van der Waals surface area contributed by atoms with E-state index in [0.29, 0.717) is 28.1 Å². The van der Waals surface area contributed by atoms with Crippen LogP contribution in [0.4, 0.5) is 5.69 Å². The molecule has 0 N–H and O–H groups in total. The van der Waals surface area contributed by atoms with Gasteiger partial charge in [-0.2, -0.15) is 0 Å². The summed E-state index contributed by atoms with van der Waals surface area (Å²) in [6, 6.07) is 0. The third-order valence-corrected chi connectivity index (χ3v) is 2.72. The van der Waals surface area contributed by atoms with Crippen LogP contribution in [0.15, 0.2) is 15.8 Å². The average molecular weight is 302 g/mol. The van der Waals surface area contributed by atoms with E-state index in [4.69, 9.17) is 4.63 Å². The summed E-state index contributed by atoms with van der Waals surface area (Å²) in [7, 11) is 7.43. The molecule has 0 saturated heterocycles. The number of rotatable bonds is 5. The van der Waals surface area contributed by atoms with Crippen molar-refractivity contribution in [2.75, 3.05) is 28.2 Å². The fraction of sp³-hybridized carbons (Fsp3) is 0.357. The molecular formula is C14H18N6O2. The number of carbonyl (C=O) groups is 1. The van der Waals surface area contributed by atoms with E-state index in [1.54, 1.807) is 23.5 Å². The number of fused-ring (bicyclic) bond motifs is 1. The number of aromatic nitrogens is 3. The first-order valence-corrected chi connectivity index (χ1v) is 6.62. The van der Waals surface area contributed by atoms with Crippen molar-refractivity contribution in [1.82, 2.24) is 25.1 Å². The standard InChI is InChI=1S/C14H18N6O2/c1-9(21)11-10(6-7-19(2)3)16-14-13(17-22-18-14)12(11)15-8-20(4)5/h6-8H,1-5H3/b7-6+,15-8?. The van der Waals surface area contributed by atoms with E-state index in [1.807, 2.05) is 33.1 Å². The molecule has 0 spiro atoms. The zero-order chi connectivity index (χ0) is 16.3. The Morgan fingerprint density at radius 1 is 1.18 bits per heavy atom. The second-order valence-electron chi connectivity index (χ2n) is 5.20. The molecule has 2 aromatic heterocycles. The Morgan fingerprint density at radius 2 is 1.91 bits per heavy atom. The number of nitrogens with zero attached hydrogens (tertiary/aromatic N) is 6. The van der Waals surface area contributed by atoms with E-state index < -0.39 is 0 Å². The summed E-state index contributed by atoms with van der Waals surface area (Å²) in [5.41, 5.74) is 1.96. The Bertz CT molecular complexity index is 745. The molecule has 116 valence electrons. The van der Waals surface area contributed by atoms with E-state index in [1.165, 1.54) is 6.92 Å². The van der Waals surface area contributed by atoms with Crippen LogP contribution in [0, 0.1) is 0 Å². The van der Waals surface area contributed by atoms with Gasteiger partial charge in [-0.3, -0.25) is 4.79 Å². The van der Waals surface area contributed by atoms with Crippen molar-refractivity contribution < 1.29 is 9.42 Å². The normalized spacial score (nSPS) is 11.7. The Morgan fingerprint density at radius 3 is 2.50 bits per heavy atom. The van der Waals surface area contributed by atoms with E-state index in [9.17, 15) is 4.79 Å². The predicted octanol–water partition coefficient (Wildman–Crippen LogP) is 1.57. The molecule has 0 aromatic carbocycles. The lowest BCUT2D eigenvalue weighted by molar-refractivity contribution is 0.101. The molecule has 2 aromatic rings. The van der Waals surface area contributed by atoms with E-state index in [-0.39, 0.29) is 5.78 Å². The van der Waals surface area contributed by atoms with Gasteiger partial charge in [0.25, 0.3) is 0 Å². The average Bonchev–Trinajstić information content (AvgIpc) is 2.89. The van der Waals surface area contributed by atoms with Crippen molar-refractivity contribution in [3.63, 3.8) is 0 Å². The molecule has 8 heteroatoms. The molecule has 8 nitrogen and oxygen atoms in total. The predicted molar refractivity (Wildman–Crippen MR) is 84.2 cm³/mol. The second-order valence-corrected chi connectivity index (χ2v) is 5.20. The van der Waals surface area contributed by atoms with E-state index >= 15 is 0 Å². The summed E-state index contributed by atoms with van der Waals surface area (Å²) in [4.78, 5) is 24.4. The first kappa shape index (κ1) is 15.6. The highest BCUT2D eigenvalue weighted by Gasteiger charge is 2.20. The number of hydrogen-bond donors (Lipinski definition) is 0. The van der Waals surface area contributed by atoms with E-state index in [0.717, 1.165) is 0 Å². The molecule has 0 unspecified atom stereocenters. The lowest BCUT2D eigenvalue weighted by Crippen LogP contribution is -2.08. The van der Waals surface area contributed by atoms with Crippen molar-refractivity contribution in [2.45, 2.75) is 6.92 Å². The molecule has 0 saturated carbocycles. The van der Waals surface area contributed by atoms with Gasteiger partial charge in [-0.1, -0.05) is 0 Å². The zero-order valence-electron chi connectivity index (χ0n) is 13.2. The molecule has 0 aliphatic carbocycles. The maximum Gasteiger partial charge on any atom is 0.226 e. The van der Waals surface area contributed by atoms with Gasteiger partial charge in [-0.15, -0.1) is 0 Å². The number of aliphatic imine (C=N–C) groups is 1. The summed E-state index contributed by atoms with van der Waals surface area (Å²) in [6.45, 7) is 1.47. The first-order valence-electron chi connectivity index (χ1n) is 6.62. The molecule has 0 radical (unpaired) electrons. The maximum atomic E-state index is 12.1. The minimum Gasteiger partial charge on any atom is -0.383 e. The summed E-state index contributed by atoms with van der Waals surface area (Å²) in [5.74, 6) is -0.151. The maximum absolute atomic E-state index is 12.1. The van der Waals surface area contributed by atoms with Crippen LogP contribution in [0.3, 0.4) is 0 Å². The van der Waals surface area contributed by atoms with E-state index in [2.05, 4.69) is 20.3 Å². The lowest BCUT2D eigenvalue weighted by atomic mass is 10.1. The van der Waals surface area contributed by atoms with Gasteiger partial charge in [0.1, 0.15) is 5.69 Å². The fourth-order valence-corrected chi connectivity index (χ4v) is 1.80. The van der Waals surface area contributed by atoms with Gasteiger partial charge in [0.2, 0.25) is 5.65 Å². The molecule has 0 aliphatic heterocycles. The summed E-state index contributed by atoms with van der Waals surface area (Å²) < 4.78 is 4.73. The minimum atomic E-state index is -0.151. The van der Waals surface area contributed by atoms with Crippen LogP contribution < -0.4 is 0 Å². The smallest absolute Gasteiger partial charge is 0.226 e. The monoisotopic (exact) mass is 302 g/mol. The summed E-state index contributed by atoms with van der Waals surface area (Å²) in [5, 5.41) is 7.56. The molecule has 22 heavy (non-hydrogen) atoms. The second kappa shape index (κ2) is 6.33. The van der Waals surface area contributed by atoms with Gasteiger partial charge in [0, 0.05) is 34.4 Å². The van der Waals surface area contributed by atoms with Crippen LogP contribution in [0.1, 0.15) is 23.0 Å². The number of Topliss-reactive ketones (excluding diaryl/α,β-unsaturated/α-hetero) is 1. The Hall–Kier alpha value is -2.77. The van der Waals surface area contributed by atoms with Crippen molar-refractivity contribution in [1.29, 1.82) is 0 Å². The molecule has 2 rings (SSSR count). The third kappa shape index (κ3) is 3.27. The molecule has 2 heterocycles.